The van der Waals surface area contributed by atoms with E-state index in [1.54, 1.807) is 7.11 Å². The number of benzene rings is 1. The normalized spacial score (nSPS) is 26.0. The van der Waals surface area contributed by atoms with Gasteiger partial charge in [0.25, 0.3) is 0 Å². The lowest BCUT2D eigenvalue weighted by atomic mass is 9.92. The van der Waals surface area contributed by atoms with Gasteiger partial charge < -0.3 is 15.0 Å². The maximum absolute atomic E-state index is 12.0. The van der Waals surface area contributed by atoms with Crippen molar-refractivity contribution in [3.63, 3.8) is 0 Å². The Kier molecular flexibility index (Phi) is 3.09. The minimum absolute atomic E-state index is 0.191. The molecule has 0 spiro atoms. The predicted molar refractivity (Wildman–Crippen MR) is 74.4 cm³/mol. The van der Waals surface area contributed by atoms with Crippen LogP contribution >= 0.6 is 0 Å². The summed E-state index contributed by atoms with van der Waals surface area (Å²) in [6.07, 6.45) is 2.64. The third kappa shape index (κ3) is 2.05. The van der Waals surface area contributed by atoms with Crippen molar-refractivity contribution in [3.05, 3.63) is 23.8 Å². The zero-order valence-electron chi connectivity index (χ0n) is 11.5. The van der Waals surface area contributed by atoms with E-state index in [1.165, 1.54) is 5.56 Å². The molecule has 102 valence electrons. The molecule has 4 heteroatoms. The van der Waals surface area contributed by atoms with E-state index < -0.39 is 0 Å². The molecule has 0 aromatic heterocycles. The Morgan fingerprint density at radius 1 is 1.42 bits per heavy atom. The quantitative estimate of drug-likeness (QED) is 0.888. The SMILES string of the molecule is COc1cccc2c1N[C@H](C)C[C@@H]2N1CCCC1=O. The molecule has 4 nitrogen and oxygen atoms in total. The zero-order valence-corrected chi connectivity index (χ0v) is 11.5. The zero-order chi connectivity index (χ0) is 13.4. The van der Waals surface area contributed by atoms with Gasteiger partial charge >= 0.3 is 0 Å². The van der Waals surface area contributed by atoms with E-state index in [4.69, 9.17) is 4.74 Å². The van der Waals surface area contributed by atoms with E-state index >= 15 is 0 Å². The Bertz CT molecular complexity index is 501. The maximum atomic E-state index is 12.0. The number of nitrogens with zero attached hydrogens (tertiary/aromatic N) is 1. The van der Waals surface area contributed by atoms with Gasteiger partial charge in [0.2, 0.25) is 5.91 Å². The standard InChI is InChI=1S/C15H20N2O2/c1-10-9-12(17-8-4-7-14(17)18)11-5-3-6-13(19-2)15(11)16-10/h3,5-6,10,12,16H,4,7-9H2,1-2H3/t10-,12+/m1/s1. The lowest BCUT2D eigenvalue weighted by Crippen LogP contribution is -2.37. The van der Waals surface area contributed by atoms with Crippen LogP contribution in [0.3, 0.4) is 0 Å². The van der Waals surface area contributed by atoms with Crippen LogP contribution in [0.15, 0.2) is 18.2 Å². The van der Waals surface area contributed by atoms with E-state index in [9.17, 15) is 4.79 Å². The summed E-state index contributed by atoms with van der Waals surface area (Å²) in [5.74, 6) is 1.15. The highest BCUT2D eigenvalue weighted by atomic mass is 16.5. The minimum Gasteiger partial charge on any atom is -0.495 e. The number of amides is 1. The van der Waals surface area contributed by atoms with Crippen molar-refractivity contribution in [2.24, 2.45) is 0 Å². The molecule has 1 N–H and O–H groups in total. The Morgan fingerprint density at radius 3 is 2.95 bits per heavy atom. The summed E-state index contributed by atoms with van der Waals surface area (Å²) in [5.41, 5.74) is 2.24. The number of carbonyl (C=O) groups is 1. The Balaban J connectivity index is 2.02. The number of methoxy groups -OCH3 is 1. The van der Waals surface area contributed by atoms with Crippen LogP contribution in [-0.4, -0.2) is 30.5 Å². The summed E-state index contributed by atoms with van der Waals surface area (Å²) in [6.45, 7) is 3.04. The van der Waals surface area contributed by atoms with Gasteiger partial charge in [0.15, 0.2) is 0 Å². The van der Waals surface area contributed by atoms with Crippen LogP contribution in [0.25, 0.3) is 0 Å². The highest BCUT2D eigenvalue weighted by molar-refractivity contribution is 5.79. The van der Waals surface area contributed by atoms with E-state index in [-0.39, 0.29) is 11.9 Å². The number of anilines is 1. The highest BCUT2D eigenvalue weighted by Gasteiger charge is 2.35. The first-order valence-corrected chi connectivity index (χ1v) is 6.93. The number of fused-ring (bicyclic) bond motifs is 1. The fraction of sp³-hybridized carbons (Fsp3) is 0.533. The molecule has 2 heterocycles. The molecule has 0 radical (unpaired) electrons. The third-order valence-corrected chi connectivity index (χ3v) is 4.09. The lowest BCUT2D eigenvalue weighted by molar-refractivity contribution is -0.130. The van der Waals surface area contributed by atoms with Crippen molar-refractivity contribution in [3.8, 4) is 5.75 Å². The summed E-state index contributed by atoms with van der Waals surface area (Å²) in [5, 5.41) is 3.48. The Labute approximate surface area is 113 Å². The van der Waals surface area contributed by atoms with E-state index in [0.717, 1.165) is 30.8 Å². The van der Waals surface area contributed by atoms with Crippen LogP contribution in [0.2, 0.25) is 0 Å². The number of hydrogen-bond acceptors (Lipinski definition) is 3. The molecule has 1 fully saturated rings. The van der Waals surface area contributed by atoms with Gasteiger partial charge in [-0.2, -0.15) is 0 Å². The van der Waals surface area contributed by atoms with Gasteiger partial charge in [-0.3, -0.25) is 4.79 Å². The fourth-order valence-electron chi connectivity index (χ4n) is 3.21. The highest BCUT2D eigenvalue weighted by Crippen LogP contribution is 2.42. The summed E-state index contributed by atoms with van der Waals surface area (Å²) in [4.78, 5) is 14.1. The number of para-hydroxylation sites is 1. The van der Waals surface area contributed by atoms with E-state index in [1.807, 2.05) is 17.0 Å². The number of hydrogen-bond donors (Lipinski definition) is 1. The van der Waals surface area contributed by atoms with Crippen LogP contribution in [-0.2, 0) is 4.79 Å². The van der Waals surface area contributed by atoms with Crippen LogP contribution < -0.4 is 10.1 Å². The number of rotatable bonds is 2. The molecule has 1 saturated heterocycles. The summed E-state index contributed by atoms with van der Waals surface area (Å²) in [6, 6.07) is 6.61. The number of nitrogens with one attached hydrogen (secondary N) is 1. The van der Waals surface area contributed by atoms with Crippen LogP contribution in [0.1, 0.15) is 37.8 Å². The summed E-state index contributed by atoms with van der Waals surface area (Å²) >= 11 is 0. The van der Waals surface area contributed by atoms with Gasteiger partial charge in [-0.15, -0.1) is 0 Å². The van der Waals surface area contributed by atoms with Crippen LogP contribution in [0.4, 0.5) is 5.69 Å². The first-order valence-electron chi connectivity index (χ1n) is 6.93. The van der Waals surface area contributed by atoms with Crippen molar-refractivity contribution >= 4 is 11.6 Å². The van der Waals surface area contributed by atoms with Crippen LogP contribution in [0, 0.1) is 0 Å². The monoisotopic (exact) mass is 260 g/mol. The van der Waals surface area contributed by atoms with Crippen molar-refractivity contribution in [2.75, 3.05) is 19.0 Å². The van der Waals surface area contributed by atoms with Gasteiger partial charge in [0.1, 0.15) is 5.75 Å². The fourth-order valence-corrected chi connectivity index (χ4v) is 3.21. The second kappa shape index (κ2) is 4.76. The van der Waals surface area contributed by atoms with Crippen molar-refractivity contribution < 1.29 is 9.53 Å². The molecule has 2 aliphatic heterocycles. The minimum atomic E-state index is 0.191. The largest absolute Gasteiger partial charge is 0.495 e. The lowest BCUT2D eigenvalue weighted by Gasteiger charge is -2.37. The first-order chi connectivity index (χ1) is 9.20. The third-order valence-electron chi connectivity index (χ3n) is 4.09. The molecule has 3 rings (SSSR count). The van der Waals surface area contributed by atoms with E-state index in [2.05, 4.69) is 18.3 Å². The van der Waals surface area contributed by atoms with Gasteiger partial charge in [0, 0.05) is 24.6 Å². The Morgan fingerprint density at radius 2 is 2.26 bits per heavy atom. The molecule has 0 saturated carbocycles. The summed E-state index contributed by atoms with van der Waals surface area (Å²) < 4.78 is 5.43. The molecule has 19 heavy (non-hydrogen) atoms. The molecular weight excluding hydrogens is 240 g/mol. The molecule has 1 aromatic carbocycles. The predicted octanol–water partition coefficient (Wildman–Crippen LogP) is 2.56. The van der Waals surface area contributed by atoms with Gasteiger partial charge in [-0.05, 0) is 25.8 Å². The van der Waals surface area contributed by atoms with Gasteiger partial charge in [-0.25, -0.2) is 0 Å². The van der Waals surface area contributed by atoms with Crippen molar-refractivity contribution in [1.29, 1.82) is 0 Å². The van der Waals surface area contributed by atoms with Gasteiger partial charge in [-0.1, -0.05) is 12.1 Å². The average Bonchev–Trinajstić information content (AvgIpc) is 2.83. The molecule has 0 unspecified atom stereocenters. The first kappa shape index (κ1) is 12.3. The molecule has 2 aliphatic rings. The summed E-state index contributed by atoms with van der Waals surface area (Å²) in [7, 11) is 1.69. The van der Waals surface area contributed by atoms with E-state index in [0.29, 0.717) is 12.5 Å². The molecule has 0 bridgehead atoms. The number of ether oxygens (including phenoxy) is 1. The smallest absolute Gasteiger partial charge is 0.223 e. The van der Waals surface area contributed by atoms with Crippen molar-refractivity contribution in [2.45, 2.75) is 38.3 Å². The Hall–Kier alpha value is -1.71. The maximum Gasteiger partial charge on any atom is 0.223 e. The average molecular weight is 260 g/mol. The number of likely N-dealkylation sites (tertiary alicyclic amines) is 1. The molecular formula is C15H20N2O2. The molecule has 1 amide bonds. The number of carbonyl (C=O) groups excluding carboxylic acids is 1. The molecule has 0 aliphatic carbocycles. The topological polar surface area (TPSA) is 41.6 Å². The second-order valence-corrected chi connectivity index (χ2v) is 5.41. The van der Waals surface area contributed by atoms with Gasteiger partial charge in [0.05, 0.1) is 18.8 Å². The van der Waals surface area contributed by atoms with Crippen LogP contribution in [0.5, 0.6) is 5.75 Å². The van der Waals surface area contributed by atoms with Crippen molar-refractivity contribution in [1.82, 2.24) is 4.90 Å². The second-order valence-electron chi connectivity index (χ2n) is 5.41. The molecule has 2 atom stereocenters. The molecule has 1 aromatic rings.